The van der Waals surface area contributed by atoms with Crippen molar-refractivity contribution in [1.29, 1.82) is 0 Å². The summed E-state index contributed by atoms with van der Waals surface area (Å²) in [5.41, 5.74) is 1.43. The van der Waals surface area contributed by atoms with Gasteiger partial charge in [0.25, 0.3) is 15.9 Å². The average molecular weight is 387 g/mol. The molecule has 0 heterocycles. The number of para-hydroxylation sites is 1. The van der Waals surface area contributed by atoms with E-state index in [0.717, 1.165) is 0 Å². The first-order valence-corrected chi connectivity index (χ1v) is 9.55. The Balaban J connectivity index is 1.73. The summed E-state index contributed by atoms with van der Waals surface area (Å²) in [7, 11) is -3.75. The normalized spacial score (nSPS) is 11.0. The molecule has 26 heavy (non-hydrogen) atoms. The summed E-state index contributed by atoms with van der Waals surface area (Å²) in [6, 6.07) is 21.1. The molecule has 0 atom stereocenters. The monoisotopic (exact) mass is 386 g/mol. The van der Waals surface area contributed by atoms with Crippen LogP contribution in [0.1, 0.15) is 10.4 Å². The van der Waals surface area contributed by atoms with E-state index in [9.17, 15) is 13.2 Å². The Morgan fingerprint density at radius 2 is 1.38 bits per heavy atom. The van der Waals surface area contributed by atoms with Gasteiger partial charge in [-0.25, -0.2) is 8.42 Å². The molecule has 132 valence electrons. The molecule has 0 unspecified atom stereocenters. The lowest BCUT2D eigenvalue weighted by Crippen LogP contribution is -2.14. The highest BCUT2D eigenvalue weighted by atomic mass is 35.5. The number of amides is 1. The van der Waals surface area contributed by atoms with Gasteiger partial charge in [0.2, 0.25) is 0 Å². The van der Waals surface area contributed by atoms with Crippen molar-refractivity contribution >= 4 is 38.9 Å². The summed E-state index contributed by atoms with van der Waals surface area (Å²) in [4.78, 5) is 12.3. The van der Waals surface area contributed by atoms with Gasteiger partial charge in [0.15, 0.2) is 0 Å². The smallest absolute Gasteiger partial charge is 0.261 e. The van der Waals surface area contributed by atoms with Crippen molar-refractivity contribution in [2.24, 2.45) is 0 Å². The van der Waals surface area contributed by atoms with Crippen LogP contribution < -0.4 is 10.0 Å². The molecule has 3 aromatic rings. The van der Waals surface area contributed by atoms with Gasteiger partial charge in [-0.15, -0.1) is 0 Å². The molecule has 3 aromatic carbocycles. The van der Waals surface area contributed by atoms with E-state index in [0.29, 0.717) is 22.0 Å². The van der Waals surface area contributed by atoms with Crippen molar-refractivity contribution < 1.29 is 13.2 Å². The fourth-order valence-electron chi connectivity index (χ4n) is 2.24. The highest BCUT2D eigenvalue weighted by Gasteiger charge is 2.15. The first-order chi connectivity index (χ1) is 12.4. The lowest BCUT2D eigenvalue weighted by molar-refractivity contribution is 0.102. The van der Waals surface area contributed by atoms with E-state index in [4.69, 9.17) is 11.6 Å². The highest BCUT2D eigenvalue weighted by Crippen LogP contribution is 2.19. The lowest BCUT2D eigenvalue weighted by atomic mass is 10.2. The van der Waals surface area contributed by atoms with Crippen LogP contribution in [0.3, 0.4) is 0 Å². The molecule has 0 bridgehead atoms. The van der Waals surface area contributed by atoms with Crippen LogP contribution in [0.2, 0.25) is 5.02 Å². The maximum atomic E-state index is 12.4. The summed E-state index contributed by atoms with van der Waals surface area (Å²) >= 11 is 5.79. The Morgan fingerprint density at radius 3 is 2.00 bits per heavy atom. The van der Waals surface area contributed by atoms with E-state index in [2.05, 4.69) is 10.0 Å². The van der Waals surface area contributed by atoms with Crippen LogP contribution in [0.4, 0.5) is 11.4 Å². The van der Waals surface area contributed by atoms with Crippen molar-refractivity contribution in [2.75, 3.05) is 10.0 Å². The van der Waals surface area contributed by atoms with Gasteiger partial charge < -0.3 is 5.32 Å². The third-order valence-electron chi connectivity index (χ3n) is 3.55. The van der Waals surface area contributed by atoms with Gasteiger partial charge in [-0.3, -0.25) is 9.52 Å². The zero-order valence-electron chi connectivity index (χ0n) is 13.5. The molecule has 2 N–H and O–H groups in total. The number of rotatable bonds is 5. The Morgan fingerprint density at radius 1 is 0.769 bits per heavy atom. The molecule has 0 aliphatic carbocycles. The van der Waals surface area contributed by atoms with Gasteiger partial charge in [-0.2, -0.15) is 0 Å². The number of hydrogen-bond acceptors (Lipinski definition) is 3. The van der Waals surface area contributed by atoms with Crippen LogP contribution in [0, 0.1) is 0 Å². The fourth-order valence-corrected chi connectivity index (χ4v) is 3.43. The molecule has 5 nitrogen and oxygen atoms in total. The van der Waals surface area contributed by atoms with Crippen LogP contribution in [0.25, 0.3) is 0 Å². The molecular formula is C19H15ClN2O3S. The highest BCUT2D eigenvalue weighted by molar-refractivity contribution is 7.92. The second kappa shape index (κ2) is 7.59. The van der Waals surface area contributed by atoms with E-state index < -0.39 is 10.0 Å². The second-order valence-corrected chi connectivity index (χ2v) is 7.58. The Hall–Kier alpha value is -2.83. The van der Waals surface area contributed by atoms with Gasteiger partial charge >= 0.3 is 0 Å². The maximum absolute atomic E-state index is 12.4. The Bertz CT molecular complexity index is 1000. The summed E-state index contributed by atoms with van der Waals surface area (Å²) < 4.78 is 27.3. The van der Waals surface area contributed by atoms with Gasteiger partial charge in [-0.1, -0.05) is 29.8 Å². The van der Waals surface area contributed by atoms with Gasteiger partial charge in [-0.05, 0) is 60.7 Å². The standard InChI is InChI=1S/C19H15ClN2O3S/c20-15-8-10-17(11-9-15)22-26(24,25)18-12-6-14(7-13-18)19(23)21-16-4-2-1-3-5-16/h1-13,22H,(H,21,23). The first-order valence-electron chi connectivity index (χ1n) is 7.69. The maximum Gasteiger partial charge on any atom is 0.261 e. The molecule has 1 amide bonds. The predicted octanol–water partition coefficient (Wildman–Crippen LogP) is 4.39. The molecule has 0 aromatic heterocycles. The number of benzene rings is 3. The minimum absolute atomic E-state index is 0.0590. The quantitative estimate of drug-likeness (QED) is 0.682. The van der Waals surface area contributed by atoms with Crippen molar-refractivity contribution in [2.45, 2.75) is 4.90 Å². The van der Waals surface area contributed by atoms with Crippen molar-refractivity contribution in [3.05, 3.63) is 89.4 Å². The third-order valence-corrected chi connectivity index (χ3v) is 5.20. The minimum Gasteiger partial charge on any atom is -0.322 e. The van der Waals surface area contributed by atoms with Crippen LogP contribution >= 0.6 is 11.6 Å². The summed E-state index contributed by atoms with van der Waals surface area (Å²) in [6.07, 6.45) is 0. The molecule has 0 fully saturated rings. The number of carbonyl (C=O) groups excluding carboxylic acids is 1. The summed E-state index contributed by atoms with van der Waals surface area (Å²) in [5, 5.41) is 3.26. The molecule has 0 spiro atoms. The molecule has 0 aliphatic rings. The lowest BCUT2D eigenvalue weighted by Gasteiger charge is -2.09. The number of hydrogen-bond donors (Lipinski definition) is 2. The van der Waals surface area contributed by atoms with Gasteiger partial charge in [0.05, 0.1) is 4.90 Å². The van der Waals surface area contributed by atoms with E-state index in [1.165, 1.54) is 24.3 Å². The van der Waals surface area contributed by atoms with Gasteiger partial charge in [0, 0.05) is 22.0 Å². The zero-order valence-corrected chi connectivity index (χ0v) is 15.1. The number of sulfonamides is 1. The number of anilines is 2. The van der Waals surface area contributed by atoms with Crippen molar-refractivity contribution in [3.63, 3.8) is 0 Å². The van der Waals surface area contributed by atoms with Gasteiger partial charge in [0.1, 0.15) is 0 Å². The fraction of sp³-hybridized carbons (Fsp3) is 0. The Labute approximate surface area is 156 Å². The molecule has 3 rings (SSSR count). The zero-order chi connectivity index (χ0) is 18.6. The second-order valence-electron chi connectivity index (χ2n) is 5.46. The predicted molar refractivity (Wildman–Crippen MR) is 103 cm³/mol. The number of carbonyl (C=O) groups is 1. The largest absolute Gasteiger partial charge is 0.322 e. The molecule has 0 saturated carbocycles. The molecule has 7 heteroatoms. The van der Waals surface area contributed by atoms with E-state index >= 15 is 0 Å². The molecular weight excluding hydrogens is 372 g/mol. The summed E-state index contributed by atoms with van der Waals surface area (Å²) in [5.74, 6) is -0.314. The van der Waals surface area contributed by atoms with Crippen LogP contribution in [-0.4, -0.2) is 14.3 Å². The Kier molecular flexibility index (Phi) is 5.25. The molecule has 0 radical (unpaired) electrons. The molecule has 0 saturated heterocycles. The van der Waals surface area contributed by atoms with Crippen molar-refractivity contribution in [3.8, 4) is 0 Å². The average Bonchev–Trinajstić information content (AvgIpc) is 2.64. The number of nitrogens with one attached hydrogen (secondary N) is 2. The van der Waals surface area contributed by atoms with E-state index in [1.807, 2.05) is 18.2 Å². The summed E-state index contributed by atoms with van der Waals surface area (Å²) in [6.45, 7) is 0. The SMILES string of the molecule is O=C(Nc1ccccc1)c1ccc(S(=O)(=O)Nc2ccc(Cl)cc2)cc1. The van der Waals surface area contributed by atoms with E-state index in [-0.39, 0.29) is 10.8 Å². The van der Waals surface area contributed by atoms with E-state index in [1.54, 1.807) is 36.4 Å². The molecule has 0 aliphatic heterocycles. The topological polar surface area (TPSA) is 75.3 Å². The first kappa shape index (κ1) is 18.0. The minimum atomic E-state index is -3.75. The van der Waals surface area contributed by atoms with Crippen LogP contribution in [-0.2, 0) is 10.0 Å². The van der Waals surface area contributed by atoms with Crippen LogP contribution in [0.15, 0.2) is 83.8 Å². The third kappa shape index (κ3) is 4.41. The number of halogens is 1. The van der Waals surface area contributed by atoms with Crippen molar-refractivity contribution in [1.82, 2.24) is 0 Å². The van der Waals surface area contributed by atoms with Crippen LogP contribution in [0.5, 0.6) is 0 Å².